The van der Waals surface area contributed by atoms with E-state index in [-0.39, 0.29) is 29.2 Å². The standard InChI is InChI=1S/C30H35F3N2O6S/c1-17-6-10-21(11-7-17)41-22-12-13-25(40-2)24(16-22)28(36)35-27-19-9-8-18(14-19)26(27)29(37)34-20-4-3-5-23(15-20)42(38,39)30(31,32)33/h3-5,12-13,15-19,21,26-27H,6-11,14H2,1-2H3,(H,34,37)(H,35,36)/t17-,18-,19+,21+,26+,27-/m1/s1. The summed E-state index contributed by atoms with van der Waals surface area (Å²) >= 11 is 0. The molecule has 3 fully saturated rings. The molecule has 4 atom stereocenters. The average molecular weight is 609 g/mol. The van der Waals surface area contributed by atoms with Gasteiger partial charge in [0.05, 0.1) is 29.6 Å². The Hall–Kier alpha value is -3.28. The van der Waals surface area contributed by atoms with E-state index in [9.17, 15) is 31.2 Å². The number of hydrogen-bond donors (Lipinski definition) is 2. The number of methoxy groups -OCH3 is 1. The number of benzene rings is 2. The van der Waals surface area contributed by atoms with Crippen LogP contribution < -0.4 is 20.1 Å². The Morgan fingerprint density at radius 3 is 2.36 bits per heavy atom. The normalized spacial score (nSPS) is 27.4. The number of halogens is 3. The number of hydrogen-bond acceptors (Lipinski definition) is 6. The summed E-state index contributed by atoms with van der Waals surface area (Å²) in [5, 5.41) is 5.62. The molecule has 2 amide bonds. The van der Waals surface area contributed by atoms with Crippen molar-refractivity contribution in [2.24, 2.45) is 23.7 Å². The van der Waals surface area contributed by atoms with E-state index in [4.69, 9.17) is 9.47 Å². The Morgan fingerprint density at radius 1 is 0.952 bits per heavy atom. The lowest BCUT2D eigenvalue weighted by Gasteiger charge is -2.31. The van der Waals surface area contributed by atoms with Gasteiger partial charge in [-0.25, -0.2) is 8.42 Å². The van der Waals surface area contributed by atoms with Crippen LogP contribution in [0.25, 0.3) is 0 Å². The van der Waals surface area contributed by atoms with Crippen LogP contribution in [0.5, 0.6) is 11.5 Å². The van der Waals surface area contributed by atoms with Crippen LogP contribution in [0.3, 0.4) is 0 Å². The maximum Gasteiger partial charge on any atom is 0.501 e. The highest BCUT2D eigenvalue weighted by atomic mass is 32.2. The topological polar surface area (TPSA) is 111 Å². The predicted octanol–water partition coefficient (Wildman–Crippen LogP) is 5.73. The van der Waals surface area contributed by atoms with E-state index in [1.807, 2.05) is 0 Å². The molecule has 0 spiro atoms. The molecule has 3 aliphatic carbocycles. The van der Waals surface area contributed by atoms with E-state index >= 15 is 0 Å². The monoisotopic (exact) mass is 608 g/mol. The van der Waals surface area contributed by atoms with Crippen molar-refractivity contribution in [3.8, 4) is 11.5 Å². The Bertz CT molecular complexity index is 1440. The lowest BCUT2D eigenvalue weighted by molar-refractivity contribution is -0.122. The average Bonchev–Trinajstić information content (AvgIpc) is 3.56. The minimum Gasteiger partial charge on any atom is -0.496 e. The van der Waals surface area contributed by atoms with Crippen molar-refractivity contribution >= 4 is 27.3 Å². The van der Waals surface area contributed by atoms with Gasteiger partial charge in [0.1, 0.15) is 11.5 Å². The molecular formula is C30H35F3N2O6S. The Labute approximate surface area is 243 Å². The third kappa shape index (κ3) is 6.09. The molecule has 2 aromatic rings. The molecule has 0 heterocycles. The van der Waals surface area contributed by atoms with E-state index < -0.39 is 44.0 Å². The second-order valence-electron chi connectivity index (χ2n) is 11.7. The van der Waals surface area contributed by atoms with Crippen molar-refractivity contribution in [2.45, 2.75) is 74.4 Å². The van der Waals surface area contributed by atoms with Crippen molar-refractivity contribution in [3.05, 3.63) is 48.0 Å². The van der Waals surface area contributed by atoms with Crippen LogP contribution in [-0.2, 0) is 14.6 Å². The van der Waals surface area contributed by atoms with E-state index in [1.54, 1.807) is 18.2 Å². The molecule has 5 rings (SSSR count). The maximum absolute atomic E-state index is 13.6. The summed E-state index contributed by atoms with van der Waals surface area (Å²) in [7, 11) is -4.10. The van der Waals surface area contributed by atoms with Gasteiger partial charge < -0.3 is 20.1 Å². The van der Waals surface area contributed by atoms with Gasteiger partial charge in [-0.3, -0.25) is 9.59 Å². The lowest BCUT2D eigenvalue weighted by atomic mass is 9.83. The highest BCUT2D eigenvalue weighted by Crippen LogP contribution is 2.49. The maximum atomic E-state index is 13.6. The lowest BCUT2D eigenvalue weighted by Crippen LogP contribution is -2.48. The van der Waals surface area contributed by atoms with Crippen molar-refractivity contribution < 1.29 is 40.7 Å². The Balaban J connectivity index is 1.32. The fourth-order valence-electron chi connectivity index (χ4n) is 6.68. The number of fused-ring (bicyclic) bond motifs is 2. The van der Waals surface area contributed by atoms with Crippen LogP contribution >= 0.6 is 0 Å². The summed E-state index contributed by atoms with van der Waals surface area (Å²) < 4.78 is 74.5. The zero-order valence-corrected chi connectivity index (χ0v) is 24.3. The van der Waals surface area contributed by atoms with Crippen LogP contribution in [0.1, 0.15) is 62.2 Å². The van der Waals surface area contributed by atoms with Gasteiger partial charge in [-0.2, -0.15) is 13.2 Å². The second-order valence-corrected chi connectivity index (χ2v) is 13.6. The second kappa shape index (κ2) is 11.8. The minimum absolute atomic E-state index is 0.0207. The van der Waals surface area contributed by atoms with Crippen LogP contribution in [0.15, 0.2) is 47.4 Å². The molecule has 3 saturated carbocycles. The van der Waals surface area contributed by atoms with Crippen molar-refractivity contribution in [1.82, 2.24) is 5.32 Å². The summed E-state index contributed by atoms with van der Waals surface area (Å²) in [5.74, 6) is 0.109. The van der Waals surface area contributed by atoms with Crippen LogP contribution in [0.2, 0.25) is 0 Å². The van der Waals surface area contributed by atoms with E-state index in [2.05, 4.69) is 17.6 Å². The number of carbonyl (C=O) groups excluding carboxylic acids is 2. The van der Waals surface area contributed by atoms with Gasteiger partial charge in [0.2, 0.25) is 5.91 Å². The summed E-state index contributed by atoms with van der Waals surface area (Å²) in [6.45, 7) is 2.23. The molecule has 0 radical (unpaired) electrons. The van der Waals surface area contributed by atoms with Crippen LogP contribution in [0, 0.1) is 23.7 Å². The van der Waals surface area contributed by atoms with Gasteiger partial charge >= 0.3 is 5.51 Å². The van der Waals surface area contributed by atoms with Crippen molar-refractivity contribution in [2.75, 3.05) is 12.4 Å². The first kappa shape index (κ1) is 30.2. The predicted molar refractivity (Wildman–Crippen MR) is 149 cm³/mol. The quantitative estimate of drug-likeness (QED) is 0.396. The Kier molecular flexibility index (Phi) is 8.46. The van der Waals surface area contributed by atoms with Gasteiger partial charge in [0.25, 0.3) is 15.7 Å². The van der Waals surface area contributed by atoms with E-state index in [0.717, 1.165) is 63.1 Å². The number of anilines is 1. The van der Waals surface area contributed by atoms with Crippen molar-refractivity contribution in [3.63, 3.8) is 0 Å². The first-order valence-corrected chi connectivity index (χ1v) is 15.7. The third-order valence-electron chi connectivity index (χ3n) is 8.91. The largest absolute Gasteiger partial charge is 0.501 e. The van der Waals surface area contributed by atoms with Crippen LogP contribution in [0.4, 0.5) is 18.9 Å². The molecule has 0 unspecified atom stereocenters. The zero-order valence-electron chi connectivity index (χ0n) is 23.4. The fourth-order valence-corrected chi connectivity index (χ4v) is 7.49. The van der Waals surface area contributed by atoms with Gasteiger partial charge in [-0.05, 0) is 99.1 Å². The Morgan fingerprint density at radius 2 is 1.67 bits per heavy atom. The molecule has 12 heteroatoms. The number of nitrogens with one attached hydrogen (secondary N) is 2. The van der Waals surface area contributed by atoms with Crippen LogP contribution in [-0.4, -0.2) is 45.0 Å². The molecule has 8 nitrogen and oxygen atoms in total. The van der Waals surface area contributed by atoms with Crippen molar-refractivity contribution in [1.29, 1.82) is 0 Å². The number of sulfone groups is 1. The summed E-state index contributed by atoms with van der Waals surface area (Å²) in [6, 6.07) is 8.70. The smallest absolute Gasteiger partial charge is 0.496 e. The zero-order chi connectivity index (χ0) is 30.2. The highest BCUT2D eigenvalue weighted by molar-refractivity contribution is 7.92. The fraction of sp³-hybridized carbons (Fsp3) is 0.533. The number of carbonyl (C=O) groups is 2. The summed E-state index contributed by atoms with van der Waals surface area (Å²) in [4.78, 5) is 26.0. The molecule has 42 heavy (non-hydrogen) atoms. The first-order valence-electron chi connectivity index (χ1n) is 14.2. The van der Waals surface area contributed by atoms with Gasteiger partial charge in [0, 0.05) is 11.7 Å². The van der Waals surface area contributed by atoms with Gasteiger partial charge in [0.15, 0.2) is 0 Å². The summed E-state index contributed by atoms with van der Waals surface area (Å²) in [5.41, 5.74) is -5.25. The molecule has 228 valence electrons. The van der Waals surface area contributed by atoms with Gasteiger partial charge in [-0.1, -0.05) is 13.0 Å². The molecule has 3 aliphatic rings. The number of alkyl halides is 3. The van der Waals surface area contributed by atoms with Gasteiger partial charge in [-0.15, -0.1) is 0 Å². The first-order chi connectivity index (χ1) is 19.9. The SMILES string of the molecule is COc1ccc(O[C@H]2CC[C@@H](C)CC2)cc1C(=O)N[C@@H]1[C@H]2CC[C@H](C2)[C@@H]1C(=O)Nc1cccc(S(=O)(=O)C(F)(F)F)c1. The molecule has 0 saturated heterocycles. The third-order valence-corrected chi connectivity index (χ3v) is 10.4. The molecular weight excluding hydrogens is 573 g/mol. The minimum atomic E-state index is -5.57. The number of amides is 2. The molecule has 0 aromatic heterocycles. The molecule has 2 bridgehead atoms. The number of rotatable bonds is 8. The molecule has 0 aliphatic heterocycles. The molecule has 2 N–H and O–H groups in total. The van der Waals surface area contributed by atoms with E-state index in [0.29, 0.717) is 17.4 Å². The van der Waals surface area contributed by atoms with E-state index in [1.165, 1.54) is 13.2 Å². The highest BCUT2D eigenvalue weighted by Gasteiger charge is 2.52. The number of ether oxygens (including phenoxy) is 2. The molecule has 2 aromatic carbocycles. The summed E-state index contributed by atoms with van der Waals surface area (Å²) in [6.07, 6.45) is 6.49.